The van der Waals surface area contributed by atoms with Crippen molar-refractivity contribution >= 4 is 17.4 Å². The topological polar surface area (TPSA) is 119 Å². The standard InChI is InChI=1S/C23H22F3N7O2/c1-3-35-23-15(24)7-12(9-29-23)16-8-14(22(34)30-13-5-4-6-33(2)11-13)18(25)19(31-16)17-10-28-21(27)20(26)32-17/h7-10H,3-6,11H2,1-2H3,(H2,27,28). The highest BCUT2D eigenvalue weighted by Crippen LogP contribution is 2.29. The molecule has 9 nitrogen and oxygen atoms in total. The Morgan fingerprint density at radius 2 is 1.97 bits per heavy atom. The first kappa shape index (κ1) is 24.2. The van der Waals surface area contributed by atoms with Gasteiger partial charge in [-0.05, 0) is 45.5 Å². The third-order valence-electron chi connectivity index (χ3n) is 5.29. The van der Waals surface area contributed by atoms with Crippen LogP contribution in [-0.2, 0) is 0 Å². The van der Waals surface area contributed by atoms with E-state index in [4.69, 9.17) is 10.5 Å². The number of piperidine rings is 1. The number of carbonyl (C=O) groups excluding carboxylic acids is 1. The molecule has 12 heteroatoms. The summed E-state index contributed by atoms with van der Waals surface area (Å²) in [6, 6.07) is 2.24. The first-order valence-electron chi connectivity index (χ1n) is 10.8. The molecule has 0 radical (unpaired) electrons. The fraction of sp³-hybridized carbons (Fsp3) is 0.304. The number of anilines is 1. The first-order chi connectivity index (χ1) is 16.8. The number of likely N-dealkylation sites (tertiary alicyclic amines) is 1. The lowest BCUT2D eigenvalue weighted by Gasteiger charge is -2.23. The quantitative estimate of drug-likeness (QED) is 0.585. The van der Waals surface area contributed by atoms with Crippen LogP contribution in [0.1, 0.15) is 30.1 Å². The summed E-state index contributed by atoms with van der Waals surface area (Å²) in [5.41, 5.74) is 4.92. The van der Waals surface area contributed by atoms with Crippen molar-refractivity contribution in [3.05, 3.63) is 47.7 Å². The molecule has 1 aliphatic rings. The highest BCUT2D eigenvalue weighted by Gasteiger charge is 2.24. The molecule has 3 aromatic heterocycles. The highest BCUT2D eigenvalue weighted by molar-refractivity contribution is 6.05. The summed E-state index contributed by atoms with van der Waals surface area (Å²) in [4.78, 5) is 34.4. The summed E-state index contributed by atoms with van der Waals surface area (Å²) in [5.74, 6) is -4.50. The number of aliphatic imine (C=N–C) groups is 1. The lowest BCUT2D eigenvalue weighted by Crippen LogP contribution is -2.32. The number of nitrogen functional groups attached to an aromatic ring is 1. The van der Waals surface area contributed by atoms with Crippen molar-refractivity contribution in [1.29, 1.82) is 0 Å². The number of hydrogen-bond donors (Lipinski definition) is 1. The van der Waals surface area contributed by atoms with Gasteiger partial charge in [0.15, 0.2) is 17.5 Å². The summed E-state index contributed by atoms with van der Waals surface area (Å²) < 4.78 is 49.1. The Balaban J connectivity index is 1.85. The second kappa shape index (κ2) is 10.1. The number of aromatic nitrogens is 4. The number of amides is 1. The molecule has 4 rings (SSSR count). The zero-order chi connectivity index (χ0) is 25.1. The molecule has 1 aliphatic heterocycles. The molecule has 182 valence electrons. The zero-order valence-electron chi connectivity index (χ0n) is 19.1. The van der Waals surface area contributed by atoms with Crippen LogP contribution < -0.4 is 10.5 Å². The molecular formula is C23H22F3N7O2. The number of ether oxygens (including phenoxy) is 1. The van der Waals surface area contributed by atoms with E-state index in [-0.39, 0.29) is 29.4 Å². The molecular weight excluding hydrogens is 463 g/mol. The molecule has 1 fully saturated rings. The SMILES string of the molecule is CCOc1ncc(-c2cc(C(=O)N=C3CCCN(C)C3)c(F)c(-c3cnc(N)c(F)n3)n2)cc1F. The van der Waals surface area contributed by atoms with E-state index in [1.807, 2.05) is 11.9 Å². The van der Waals surface area contributed by atoms with Crippen molar-refractivity contribution in [1.82, 2.24) is 24.8 Å². The molecule has 1 amide bonds. The van der Waals surface area contributed by atoms with Crippen LogP contribution >= 0.6 is 0 Å². The molecule has 0 atom stereocenters. The monoisotopic (exact) mass is 485 g/mol. The number of halogens is 3. The number of hydrogen-bond acceptors (Lipinski definition) is 8. The van der Waals surface area contributed by atoms with Gasteiger partial charge in [0.25, 0.3) is 11.9 Å². The smallest absolute Gasteiger partial charge is 0.280 e. The van der Waals surface area contributed by atoms with E-state index in [2.05, 4.69) is 24.9 Å². The van der Waals surface area contributed by atoms with Crippen LogP contribution in [0.3, 0.4) is 0 Å². The van der Waals surface area contributed by atoms with Gasteiger partial charge in [0.1, 0.15) is 11.4 Å². The third kappa shape index (κ3) is 5.27. The Labute approximate surface area is 198 Å². The van der Waals surface area contributed by atoms with E-state index < -0.39 is 40.6 Å². The lowest BCUT2D eigenvalue weighted by molar-refractivity contribution is 0.0998. The van der Waals surface area contributed by atoms with E-state index in [0.29, 0.717) is 18.7 Å². The number of rotatable bonds is 5. The Hall–Kier alpha value is -3.93. The third-order valence-corrected chi connectivity index (χ3v) is 5.29. The van der Waals surface area contributed by atoms with Crippen molar-refractivity contribution in [2.24, 2.45) is 4.99 Å². The predicted molar refractivity (Wildman–Crippen MR) is 122 cm³/mol. The summed E-state index contributed by atoms with van der Waals surface area (Å²) in [6.07, 6.45) is 3.71. The Morgan fingerprint density at radius 3 is 2.66 bits per heavy atom. The summed E-state index contributed by atoms with van der Waals surface area (Å²) >= 11 is 0. The van der Waals surface area contributed by atoms with Crippen molar-refractivity contribution in [3.8, 4) is 28.5 Å². The predicted octanol–water partition coefficient (Wildman–Crippen LogP) is 3.31. The molecule has 3 aromatic rings. The minimum Gasteiger partial charge on any atom is -0.476 e. The maximum atomic E-state index is 15.5. The van der Waals surface area contributed by atoms with Crippen LogP contribution in [-0.4, -0.2) is 63.2 Å². The molecule has 1 saturated heterocycles. The van der Waals surface area contributed by atoms with Crippen molar-refractivity contribution < 1.29 is 22.7 Å². The summed E-state index contributed by atoms with van der Waals surface area (Å²) in [7, 11) is 1.89. The number of nitrogens with zero attached hydrogens (tertiary/aromatic N) is 6. The molecule has 2 N–H and O–H groups in total. The molecule has 0 saturated carbocycles. The van der Waals surface area contributed by atoms with Crippen molar-refractivity contribution in [3.63, 3.8) is 0 Å². The van der Waals surface area contributed by atoms with Gasteiger partial charge in [0, 0.05) is 24.0 Å². The van der Waals surface area contributed by atoms with Gasteiger partial charge in [-0.15, -0.1) is 0 Å². The van der Waals surface area contributed by atoms with Crippen LogP contribution in [0.4, 0.5) is 19.0 Å². The maximum absolute atomic E-state index is 15.5. The number of nitrogens with two attached hydrogens (primary N) is 1. The Kier molecular flexibility index (Phi) is 7.01. The minimum atomic E-state index is -1.12. The van der Waals surface area contributed by atoms with Crippen LogP contribution in [0.5, 0.6) is 5.88 Å². The highest BCUT2D eigenvalue weighted by atomic mass is 19.1. The molecule has 35 heavy (non-hydrogen) atoms. The van der Waals surface area contributed by atoms with E-state index in [1.165, 1.54) is 6.20 Å². The van der Waals surface area contributed by atoms with Crippen molar-refractivity contribution in [2.45, 2.75) is 19.8 Å². The average molecular weight is 485 g/mol. The minimum absolute atomic E-state index is 0.000746. The van der Waals surface area contributed by atoms with Crippen LogP contribution in [0, 0.1) is 17.6 Å². The number of carbonyl (C=O) groups is 1. The summed E-state index contributed by atoms with van der Waals surface area (Å²) in [6.45, 7) is 3.22. The first-order valence-corrected chi connectivity index (χ1v) is 10.8. The van der Waals surface area contributed by atoms with Gasteiger partial charge in [-0.1, -0.05) is 0 Å². The fourth-order valence-corrected chi connectivity index (χ4v) is 3.62. The zero-order valence-corrected chi connectivity index (χ0v) is 19.1. The van der Waals surface area contributed by atoms with Gasteiger partial charge in [-0.3, -0.25) is 4.79 Å². The van der Waals surface area contributed by atoms with E-state index in [9.17, 15) is 13.6 Å². The van der Waals surface area contributed by atoms with Crippen LogP contribution in [0.25, 0.3) is 22.6 Å². The van der Waals surface area contributed by atoms with Crippen LogP contribution in [0.2, 0.25) is 0 Å². The second-order valence-corrected chi connectivity index (χ2v) is 7.92. The van der Waals surface area contributed by atoms with E-state index in [1.54, 1.807) is 6.92 Å². The van der Waals surface area contributed by atoms with Gasteiger partial charge in [-0.2, -0.15) is 4.39 Å². The van der Waals surface area contributed by atoms with Gasteiger partial charge < -0.3 is 15.4 Å². The summed E-state index contributed by atoms with van der Waals surface area (Å²) in [5, 5.41) is 0. The Bertz CT molecular complexity index is 1320. The Morgan fingerprint density at radius 1 is 1.17 bits per heavy atom. The molecule has 4 heterocycles. The second-order valence-electron chi connectivity index (χ2n) is 7.92. The van der Waals surface area contributed by atoms with Gasteiger partial charge in [-0.25, -0.2) is 33.7 Å². The molecule has 0 spiro atoms. The van der Waals surface area contributed by atoms with E-state index >= 15 is 4.39 Å². The van der Waals surface area contributed by atoms with Gasteiger partial charge >= 0.3 is 0 Å². The molecule has 0 aromatic carbocycles. The molecule has 0 unspecified atom stereocenters. The van der Waals surface area contributed by atoms with Crippen molar-refractivity contribution in [2.75, 3.05) is 32.5 Å². The molecule has 0 bridgehead atoms. The fourth-order valence-electron chi connectivity index (χ4n) is 3.62. The average Bonchev–Trinajstić information content (AvgIpc) is 2.82. The largest absolute Gasteiger partial charge is 0.476 e. The normalized spacial score (nSPS) is 15.4. The molecule has 0 aliphatic carbocycles. The van der Waals surface area contributed by atoms with Crippen LogP contribution in [0.15, 0.2) is 29.5 Å². The van der Waals surface area contributed by atoms with Gasteiger partial charge in [0.05, 0.1) is 24.1 Å². The lowest BCUT2D eigenvalue weighted by atomic mass is 10.1. The maximum Gasteiger partial charge on any atom is 0.280 e. The number of pyridine rings is 2. The van der Waals surface area contributed by atoms with E-state index in [0.717, 1.165) is 31.3 Å². The van der Waals surface area contributed by atoms with Gasteiger partial charge in [0.2, 0.25) is 5.88 Å².